The van der Waals surface area contributed by atoms with Crippen LogP contribution in [0, 0.1) is 0 Å². The number of hydrogen-bond donors (Lipinski definition) is 0. The van der Waals surface area contributed by atoms with Crippen LogP contribution in [-0.2, 0) is 18.6 Å². The summed E-state index contributed by atoms with van der Waals surface area (Å²) in [6.45, 7) is 5.46. The Kier molecular flexibility index (Phi) is 2.93. The lowest BCUT2D eigenvalue weighted by Gasteiger charge is -2.17. The highest BCUT2D eigenvalue weighted by molar-refractivity contribution is 9.10. The van der Waals surface area contributed by atoms with E-state index in [4.69, 9.17) is 0 Å². The highest BCUT2D eigenvalue weighted by atomic mass is 79.9. The van der Waals surface area contributed by atoms with Gasteiger partial charge in [0.1, 0.15) is 10.4 Å². The predicted molar refractivity (Wildman–Crippen MR) is 54.6 cm³/mol. The minimum Gasteiger partial charge on any atom is -0.325 e. The van der Waals surface area contributed by atoms with E-state index in [-0.39, 0.29) is 4.60 Å². The fourth-order valence-corrected chi connectivity index (χ4v) is 1.81. The summed E-state index contributed by atoms with van der Waals surface area (Å²) >= 11 is 2.91. The fourth-order valence-electron chi connectivity index (χ4n) is 1.33. The van der Waals surface area contributed by atoms with E-state index in [1.807, 2.05) is 20.8 Å². The lowest BCUT2D eigenvalue weighted by Crippen LogP contribution is -2.17. The summed E-state index contributed by atoms with van der Waals surface area (Å²) in [5, 5.41) is 0. The molecule has 15 heavy (non-hydrogen) atoms. The second-order valence-electron chi connectivity index (χ2n) is 4.38. The normalized spacial score (nSPS) is 13.3. The van der Waals surface area contributed by atoms with Crippen LogP contribution in [0.2, 0.25) is 0 Å². The zero-order valence-electron chi connectivity index (χ0n) is 8.91. The maximum atomic E-state index is 12.5. The summed E-state index contributed by atoms with van der Waals surface area (Å²) in [6.07, 6.45) is -4.42. The van der Waals surface area contributed by atoms with Crippen LogP contribution in [0.5, 0.6) is 0 Å². The SMILES string of the molecule is Cn1c(C(C)(C)C)nc(C(F)(F)F)c1Br. The maximum Gasteiger partial charge on any atom is 0.436 e. The van der Waals surface area contributed by atoms with Gasteiger partial charge in [0.15, 0.2) is 5.69 Å². The van der Waals surface area contributed by atoms with Crippen LogP contribution in [0.15, 0.2) is 4.60 Å². The van der Waals surface area contributed by atoms with Crippen LogP contribution in [0.25, 0.3) is 0 Å². The van der Waals surface area contributed by atoms with E-state index in [0.717, 1.165) is 0 Å². The monoisotopic (exact) mass is 284 g/mol. The van der Waals surface area contributed by atoms with Gasteiger partial charge in [-0.15, -0.1) is 0 Å². The van der Waals surface area contributed by atoms with Gasteiger partial charge in [0.05, 0.1) is 0 Å². The summed E-state index contributed by atoms with van der Waals surface area (Å²) in [5.74, 6) is 0.404. The molecule has 2 nitrogen and oxygen atoms in total. The second kappa shape index (κ2) is 3.50. The van der Waals surface area contributed by atoms with Gasteiger partial charge in [-0.2, -0.15) is 13.2 Å². The minimum atomic E-state index is -4.42. The summed E-state index contributed by atoms with van der Waals surface area (Å²) < 4.78 is 39.0. The summed E-state index contributed by atoms with van der Waals surface area (Å²) in [6, 6.07) is 0. The first-order valence-corrected chi connectivity index (χ1v) is 5.14. The summed E-state index contributed by atoms with van der Waals surface area (Å²) in [7, 11) is 1.56. The lowest BCUT2D eigenvalue weighted by atomic mass is 9.96. The number of alkyl halides is 3. The molecule has 0 fully saturated rings. The van der Waals surface area contributed by atoms with Crippen molar-refractivity contribution in [3.05, 3.63) is 16.1 Å². The van der Waals surface area contributed by atoms with Crippen molar-refractivity contribution in [2.45, 2.75) is 32.4 Å². The smallest absolute Gasteiger partial charge is 0.325 e. The van der Waals surface area contributed by atoms with Gasteiger partial charge in [-0.05, 0) is 15.9 Å². The Hall–Kier alpha value is -0.520. The van der Waals surface area contributed by atoms with E-state index in [1.165, 1.54) is 4.57 Å². The molecule has 0 aromatic carbocycles. The topological polar surface area (TPSA) is 17.8 Å². The molecule has 0 N–H and O–H groups in total. The number of imidazole rings is 1. The fraction of sp³-hybridized carbons (Fsp3) is 0.667. The molecular formula is C9H12BrF3N2. The average Bonchev–Trinajstić information content (AvgIpc) is 2.26. The molecule has 1 rings (SSSR count). The molecular weight excluding hydrogens is 273 g/mol. The molecule has 0 aliphatic rings. The third kappa shape index (κ3) is 2.35. The lowest BCUT2D eigenvalue weighted by molar-refractivity contribution is -0.141. The van der Waals surface area contributed by atoms with Gasteiger partial charge in [-0.25, -0.2) is 4.98 Å². The molecule has 1 heterocycles. The number of nitrogens with zero attached hydrogens (tertiary/aromatic N) is 2. The van der Waals surface area contributed by atoms with E-state index in [2.05, 4.69) is 20.9 Å². The predicted octanol–water partition coefficient (Wildman–Crippen LogP) is 3.50. The maximum absolute atomic E-state index is 12.5. The van der Waals surface area contributed by atoms with E-state index in [1.54, 1.807) is 7.05 Å². The van der Waals surface area contributed by atoms with Gasteiger partial charge < -0.3 is 4.57 Å². The molecule has 0 atom stereocenters. The van der Waals surface area contributed by atoms with Gasteiger partial charge in [0, 0.05) is 12.5 Å². The van der Waals surface area contributed by atoms with Crippen molar-refractivity contribution in [2.24, 2.45) is 7.05 Å². The van der Waals surface area contributed by atoms with Crippen molar-refractivity contribution in [2.75, 3.05) is 0 Å². The quantitative estimate of drug-likeness (QED) is 0.713. The van der Waals surface area contributed by atoms with Crippen LogP contribution in [0.1, 0.15) is 32.3 Å². The summed E-state index contributed by atoms with van der Waals surface area (Å²) in [5.41, 5.74) is -1.28. The first-order chi connectivity index (χ1) is 6.55. The van der Waals surface area contributed by atoms with E-state index < -0.39 is 17.3 Å². The molecule has 1 aromatic rings. The molecule has 0 radical (unpaired) electrons. The van der Waals surface area contributed by atoms with Crippen molar-refractivity contribution in [3.63, 3.8) is 0 Å². The minimum absolute atomic E-state index is 0.0278. The van der Waals surface area contributed by atoms with Crippen LogP contribution in [-0.4, -0.2) is 9.55 Å². The molecule has 0 aliphatic heterocycles. The zero-order valence-corrected chi connectivity index (χ0v) is 10.5. The number of hydrogen-bond acceptors (Lipinski definition) is 1. The van der Waals surface area contributed by atoms with Crippen molar-refractivity contribution < 1.29 is 13.2 Å². The van der Waals surface area contributed by atoms with E-state index in [0.29, 0.717) is 5.82 Å². The van der Waals surface area contributed by atoms with Crippen molar-refractivity contribution in [3.8, 4) is 0 Å². The van der Waals surface area contributed by atoms with Gasteiger partial charge in [-0.1, -0.05) is 20.8 Å². The Morgan fingerprint density at radius 1 is 1.20 bits per heavy atom. The van der Waals surface area contributed by atoms with E-state index >= 15 is 0 Å². The third-order valence-electron chi connectivity index (χ3n) is 1.96. The number of halogens is 4. The van der Waals surface area contributed by atoms with Crippen molar-refractivity contribution in [1.29, 1.82) is 0 Å². The molecule has 0 unspecified atom stereocenters. The Balaban J connectivity index is 3.38. The van der Waals surface area contributed by atoms with Gasteiger partial charge in [-0.3, -0.25) is 0 Å². The third-order valence-corrected chi connectivity index (χ3v) is 2.87. The molecule has 1 aromatic heterocycles. The molecule has 0 saturated carbocycles. The van der Waals surface area contributed by atoms with Gasteiger partial charge in [0.25, 0.3) is 0 Å². The second-order valence-corrected chi connectivity index (χ2v) is 5.13. The Morgan fingerprint density at radius 3 is 1.87 bits per heavy atom. The highest BCUT2D eigenvalue weighted by Gasteiger charge is 2.39. The number of aromatic nitrogens is 2. The van der Waals surface area contributed by atoms with E-state index in [9.17, 15) is 13.2 Å². The molecule has 86 valence electrons. The number of rotatable bonds is 0. The molecule has 0 amide bonds. The Bertz CT molecular complexity index is 339. The molecule has 0 bridgehead atoms. The largest absolute Gasteiger partial charge is 0.436 e. The van der Waals surface area contributed by atoms with Crippen LogP contribution in [0.3, 0.4) is 0 Å². The first-order valence-electron chi connectivity index (χ1n) is 4.35. The van der Waals surface area contributed by atoms with Crippen molar-refractivity contribution >= 4 is 15.9 Å². The van der Waals surface area contributed by atoms with Crippen LogP contribution in [0.4, 0.5) is 13.2 Å². The van der Waals surface area contributed by atoms with Gasteiger partial charge in [0.2, 0.25) is 0 Å². The van der Waals surface area contributed by atoms with Gasteiger partial charge >= 0.3 is 6.18 Å². The van der Waals surface area contributed by atoms with Crippen molar-refractivity contribution in [1.82, 2.24) is 9.55 Å². The molecule has 0 saturated heterocycles. The summed E-state index contributed by atoms with van der Waals surface area (Å²) in [4.78, 5) is 3.64. The average molecular weight is 285 g/mol. The Morgan fingerprint density at radius 2 is 1.67 bits per heavy atom. The molecule has 6 heteroatoms. The molecule has 0 spiro atoms. The zero-order chi connectivity index (χ0) is 12.0. The highest BCUT2D eigenvalue weighted by Crippen LogP contribution is 2.36. The molecule has 0 aliphatic carbocycles. The Labute approximate surface area is 94.6 Å². The van der Waals surface area contributed by atoms with Crippen LogP contribution >= 0.6 is 15.9 Å². The first kappa shape index (κ1) is 12.5. The van der Waals surface area contributed by atoms with Crippen LogP contribution < -0.4 is 0 Å². The standard InChI is InChI=1S/C9H12BrF3N2/c1-8(2,3)7-14-5(9(11,12)13)6(10)15(7)4/h1-4H3.